The largest absolute Gasteiger partial charge is 0.300 e. The summed E-state index contributed by atoms with van der Waals surface area (Å²) in [5.41, 5.74) is 0. The fourth-order valence-electron chi connectivity index (χ4n) is 2.86. The van der Waals surface area contributed by atoms with E-state index in [2.05, 4.69) is 27.3 Å². The molecule has 1 aliphatic rings. The Labute approximate surface area is 145 Å². The molecule has 1 aromatic carbocycles. The molecule has 1 aliphatic heterocycles. The second-order valence-corrected chi connectivity index (χ2v) is 8.48. The molecule has 1 fully saturated rings. The molecule has 2 heterocycles. The third-order valence-electron chi connectivity index (χ3n) is 4.32. The van der Waals surface area contributed by atoms with Gasteiger partial charge in [0.15, 0.2) is 0 Å². The monoisotopic (exact) mass is 348 g/mol. The third-order valence-corrected chi connectivity index (χ3v) is 6.61. The molecule has 0 aliphatic carbocycles. The standard InChI is InChI=1S/C18H24N2OS2/c21-23(18-6-2-1-3-7-18)16-14-20-12-10-19(11-13-20)9-8-17-5-4-15-22-17/h1-7,15H,8-14,16H2/t23-/m0/s1. The zero-order valence-electron chi connectivity index (χ0n) is 13.4. The normalized spacial score (nSPS) is 18.1. The molecule has 3 rings (SSSR count). The highest BCUT2D eigenvalue weighted by molar-refractivity contribution is 7.85. The first kappa shape index (κ1) is 16.8. The van der Waals surface area contributed by atoms with Crippen molar-refractivity contribution in [2.75, 3.05) is 45.0 Å². The van der Waals surface area contributed by atoms with Crippen molar-refractivity contribution in [3.63, 3.8) is 0 Å². The summed E-state index contributed by atoms with van der Waals surface area (Å²) >= 11 is 1.85. The van der Waals surface area contributed by atoms with Gasteiger partial charge >= 0.3 is 0 Å². The fraction of sp³-hybridized carbons (Fsp3) is 0.444. The number of nitrogens with zero attached hydrogens (tertiary/aromatic N) is 2. The number of benzene rings is 1. The van der Waals surface area contributed by atoms with Gasteiger partial charge in [0.1, 0.15) is 0 Å². The first-order chi connectivity index (χ1) is 11.3. The minimum absolute atomic E-state index is 0.735. The van der Waals surface area contributed by atoms with Gasteiger partial charge in [-0.2, -0.15) is 0 Å². The molecule has 5 heteroatoms. The highest BCUT2D eigenvalue weighted by Gasteiger charge is 2.17. The summed E-state index contributed by atoms with van der Waals surface area (Å²) in [5.74, 6) is 0.735. The Balaban J connectivity index is 1.35. The summed E-state index contributed by atoms with van der Waals surface area (Å²) in [7, 11) is -0.871. The van der Waals surface area contributed by atoms with E-state index < -0.39 is 10.8 Å². The van der Waals surface area contributed by atoms with Crippen LogP contribution in [-0.2, 0) is 17.2 Å². The van der Waals surface area contributed by atoms with Gasteiger partial charge in [0.25, 0.3) is 0 Å². The molecule has 23 heavy (non-hydrogen) atoms. The van der Waals surface area contributed by atoms with Crippen LogP contribution in [0.25, 0.3) is 0 Å². The highest BCUT2D eigenvalue weighted by atomic mass is 32.2. The molecule has 0 saturated carbocycles. The van der Waals surface area contributed by atoms with Gasteiger partial charge in [-0.25, -0.2) is 0 Å². The number of hydrogen-bond donors (Lipinski definition) is 0. The molecule has 2 aromatic rings. The summed E-state index contributed by atoms with van der Waals surface area (Å²) in [4.78, 5) is 7.42. The second-order valence-electron chi connectivity index (χ2n) is 5.88. The van der Waals surface area contributed by atoms with Crippen molar-refractivity contribution in [1.82, 2.24) is 9.80 Å². The predicted molar refractivity (Wildman–Crippen MR) is 98.6 cm³/mol. The molecule has 124 valence electrons. The maximum atomic E-state index is 12.3. The van der Waals surface area contributed by atoms with Gasteiger partial charge in [0, 0.05) is 54.8 Å². The van der Waals surface area contributed by atoms with E-state index in [0.717, 1.165) is 56.3 Å². The average molecular weight is 349 g/mol. The second kappa shape index (κ2) is 8.73. The Hall–Kier alpha value is -1.01. The van der Waals surface area contributed by atoms with Crippen molar-refractivity contribution >= 4 is 22.1 Å². The van der Waals surface area contributed by atoms with Crippen LogP contribution in [0.4, 0.5) is 0 Å². The Morgan fingerprint density at radius 1 is 0.913 bits per heavy atom. The fourth-order valence-corrected chi connectivity index (χ4v) is 4.68. The van der Waals surface area contributed by atoms with Gasteiger partial charge < -0.3 is 4.90 Å². The maximum Gasteiger partial charge on any atom is 0.0542 e. The van der Waals surface area contributed by atoms with Gasteiger partial charge in [-0.1, -0.05) is 24.3 Å². The van der Waals surface area contributed by atoms with Crippen molar-refractivity contribution in [2.45, 2.75) is 11.3 Å². The van der Waals surface area contributed by atoms with Crippen LogP contribution in [0.1, 0.15) is 4.88 Å². The first-order valence-electron chi connectivity index (χ1n) is 8.22. The molecule has 0 bridgehead atoms. The van der Waals surface area contributed by atoms with E-state index >= 15 is 0 Å². The van der Waals surface area contributed by atoms with Crippen LogP contribution in [0.3, 0.4) is 0 Å². The molecule has 3 nitrogen and oxygen atoms in total. The van der Waals surface area contributed by atoms with Gasteiger partial charge in [-0.05, 0) is 30.0 Å². The lowest BCUT2D eigenvalue weighted by molar-refractivity contribution is 0.139. The Morgan fingerprint density at radius 3 is 2.26 bits per heavy atom. The van der Waals surface area contributed by atoms with Crippen molar-refractivity contribution in [3.8, 4) is 0 Å². The molecule has 1 atom stereocenters. The Bertz CT molecular complexity index is 593. The van der Waals surface area contributed by atoms with E-state index in [9.17, 15) is 4.21 Å². The summed E-state index contributed by atoms with van der Waals surface area (Å²) in [5, 5.41) is 2.15. The molecule has 0 radical (unpaired) electrons. The van der Waals surface area contributed by atoms with Gasteiger partial charge in [-0.3, -0.25) is 9.11 Å². The van der Waals surface area contributed by atoms with Crippen molar-refractivity contribution in [2.24, 2.45) is 0 Å². The van der Waals surface area contributed by atoms with Crippen LogP contribution in [-0.4, -0.2) is 59.0 Å². The molecule has 1 aromatic heterocycles. The van der Waals surface area contributed by atoms with Crippen LogP contribution >= 0.6 is 11.3 Å². The van der Waals surface area contributed by atoms with E-state index in [4.69, 9.17) is 0 Å². The predicted octanol–water partition coefficient (Wildman–Crippen LogP) is 2.72. The summed E-state index contributed by atoms with van der Waals surface area (Å²) in [6, 6.07) is 14.1. The molecule has 0 unspecified atom stereocenters. The minimum atomic E-state index is -0.871. The van der Waals surface area contributed by atoms with E-state index in [-0.39, 0.29) is 0 Å². The summed E-state index contributed by atoms with van der Waals surface area (Å²) in [6.07, 6.45) is 1.16. The number of rotatable bonds is 7. The molecule has 0 N–H and O–H groups in total. The number of hydrogen-bond acceptors (Lipinski definition) is 4. The lowest BCUT2D eigenvalue weighted by Gasteiger charge is -2.34. The Kier molecular flexibility index (Phi) is 6.39. The minimum Gasteiger partial charge on any atom is -0.300 e. The smallest absolute Gasteiger partial charge is 0.0542 e. The van der Waals surface area contributed by atoms with E-state index in [1.54, 1.807) is 0 Å². The van der Waals surface area contributed by atoms with Crippen LogP contribution in [0.2, 0.25) is 0 Å². The summed E-state index contributed by atoms with van der Waals surface area (Å²) < 4.78 is 12.3. The first-order valence-corrected chi connectivity index (χ1v) is 10.4. The van der Waals surface area contributed by atoms with Gasteiger partial charge in [0.2, 0.25) is 0 Å². The van der Waals surface area contributed by atoms with Crippen LogP contribution < -0.4 is 0 Å². The topological polar surface area (TPSA) is 23.6 Å². The SMILES string of the molecule is O=[S@@](CCN1CCN(CCc2cccs2)CC1)c1ccccc1. The van der Waals surface area contributed by atoms with Gasteiger partial charge in [0.05, 0.1) is 10.8 Å². The van der Waals surface area contributed by atoms with E-state index in [1.165, 1.54) is 4.88 Å². The summed E-state index contributed by atoms with van der Waals surface area (Å²) in [6.45, 7) is 6.53. The molecule has 0 amide bonds. The van der Waals surface area contributed by atoms with Crippen molar-refractivity contribution in [1.29, 1.82) is 0 Å². The lowest BCUT2D eigenvalue weighted by Crippen LogP contribution is -2.47. The van der Waals surface area contributed by atoms with Crippen LogP contribution in [0.15, 0.2) is 52.7 Å². The van der Waals surface area contributed by atoms with Gasteiger partial charge in [-0.15, -0.1) is 11.3 Å². The van der Waals surface area contributed by atoms with Crippen molar-refractivity contribution in [3.05, 3.63) is 52.7 Å². The van der Waals surface area contributed by atoms with E-state index in [1.807, 2.05) is 41.7 Å². The number of thiophene rings is 1. The Morgan fingerprint density at radius 2 is 1.61 bits per heavy atom. The number of piperazine rings is 1. The average Bonchev–Trinajstić information content (AvgIpc) is 3.13. The molecular formula is C18H24N2OS2. The molecular weight excluding hydrogens is 324 g/mol. The van der Waals surface area contributed by atoms with Crippen molar-refractivity contribution < 1.29 is 4.21 Å². The zero-order valence-corrected chi connectivity index (χ0v) is 15.0. The van der Waals surface area contributed by atoms with Crippen LogP contribution in [0, 0.1) is 0 Å². The third kappa shape index (κ3) is 5.24. The highest BCUT2D eigenvalue weighted by Crippen LogP contribution is 2.11. The quantitative estimate of drug-likeness (QED) is 0.769. The molecule has 1 saturated heterocycles. The van der Waals surface area contributed by atoms with E-state index in [0.29, 0.717) is 0 Å². The van der Waals surface area contributed by atoms with Crippen LogP contribution in [0.5, 0.6) is 0 Å². The molecule has 0 spiro atoms. The maximum absolute atomic E-state index is 12.3. The lowest BCUT2D eigenvalue weighted by atomic mass is 10.2. The zero-order chi connectivity index (χ0) is 15.9.